The quantitative estimate of drug-likeness (QED) is 0.442. The lowest BCUT2D eigenvalue weighted by atomic mass is 9.93. The molecule has 0 spiro atoms. The largest absolute Gasteiger partial charge is 0.496 e. The first-order chi connectivity index (χ1) is 14.8. The number of hydrogen-bond acceptors (Lipinski definition) is 5. The van der Waals surface area contributed by atoms with Crippen molar-refractivity contribution < 1.29 is 18.8 Å². The number of fused-ring (bicyclic) bond motifs is 1. The second kappa shape index (κ2) is 10.0. The van der Waals surface area contributed by atoms with E-state index in [-0.39, 0.29) is 5.75 Å². The first-order valence-electron chi connectivity index (χ1n) is 10.5. The van der Waals surface area contributed by atoms with Gasteiger partial charge >= 0.3 is 5.97 Å². The van der Waals surface area contributed by atoms with Crippen LogP contribution in [0, 0.1) is 13.8 Å². The molecular weight excluding hydrogens is 414 g/mol. The van der Waals surface area contributed by atoms with E-state index < -0.39 is 22.7 Å². The van der Waals surface area contributed by atoms with E-state index in [0.29, 0.717) is 28.3 Å². The minimum atomic E-state index is -1.43. The molecule has 2 unspecified atom stereocenters. The van der Waals surface area contributed by atoms with Crippen LogP contribution in [0.5, 0.6) is 5.75 Å². The Labute approximate surface area is 184 Å². The van der Waals surface area contributed by atoms with E-state index in [1.807, 2.05) is 19.9 Å². The molecule has 2 heterocycles. The summed E-state index contributed by atoms with van der Waals surface area (Å²) in [5, 5.41) is 10.0. The highest BCUT2D eigenvalue weighted by molar-refractivity contribution is 7.84. The van der Waals surface area contributed by atoms with Gasteiger partial charge in [0.25, 0.3) is 0 Å². The molecule has 166 valence electrons. The van der Waals surface area contributed by atoms with Gasteiger partial charge in [-0.25, -0.2) is 4.98 Å². The Morgan fingerprint density at radius 1 is 1.29 bits per heavy atom. The number of imidazole rings is 1. The number of aromatic nitrogens is 3. The number of ether oxygens (including phenoxy) is 1. The van der Waals surface area contributed by atoms with Crippen LogP contribution in [-0.4, -0.2) is 37.3 Å². The normalized spacial score (nSPS) is 13.3. The lowest BCUT2D eigenvalue weighted by Gasteiger charge is -2.12. The lowest BCUT2D eigenvalue weighted by Crippen LogP contribution is -2.11. The molecule has 7 nitrogen and oxygen atoms in total. The maximum absolute atomic E-state index is 13.0. The van der Waals surface area contributed by atoms with Gasteiger partial charge in [0.05, 0.1) is 46.3 Å². The summed E-state index contributed by atoms with van der Waals surface area (Å²) >= 11 is 0. The van der Waals surface area contributed by atoms with E-state index >= 15 is 0 Å². The zero-order chi connectivity index (χ0) is 22.5. The van der Waals surface area contributed by atoms with Crippen molar-refractivity contribution in [2.75, 3.05) is 7.11 Å². The number of rotatable bonds is 10. The molecule has 0 amide bonds. The number of aliphatic carboxylic acids is 1. The topological polar surface area (TPSA) is 105 Å². The van der Waals surface area contributed by atoms with Gasteiger partial charge in [-0.3, -0.25) is 14.0 Å². The first-order valence-corrected chi connectivity index (χ1v) is 11.8. The number of carboxylic acid groups (broad SMARTS) is 1. The van der Waals surface area contributed by atoms with E-state index in [1.165, 1.54) is 0 Å². The fourth-order valence-electron chi connectivity index (χ4n) is 3.77. The summed E-state index contributed by atoms with van der Waals surface area (Å²) in [6.45, 7) is 5.92. The summed E-state index contributed by atoms with van der Waals surface area (Å²) < 4.78 is 18.4. The smallest absolute Gasteiger partial charge is 0.310 e. The van der Waals surface area contributed by atoms with Crippen molar-refractivity contribution >= 4 is 27.8 Å². The minimum absolute atomic E-state index is 0.212. The summed E-state index contributed by atoms with van der Waals surface area (Å²) in [5.74, 6) is -0.419. The first kappa shape index (κ1) is 22.9. The average molecular weight is 444 g/mol. The Bertz CT molecular complexity index is 1110. The van der Waals surface area contributed by atoms with Gasteiger partial charge in [-0.05, 0) is 38.0 Å². The van der Waals surface area contributed by atoms with Crippen molar-refractivity contribution in [3.63, 3.8) is 0 Å². The molecule has 0 aliphatic rings. The second-order valence-electron chi connectivity index (χ2n) is 7.74. The predicted molar refractivity (Wildman–Crippen MR) is 121 cm³/mol. The van der Waals surface area contributed by atoms with Crippen LogP contribution in [0.15, 0.2) is 29.6 Å². The number of aryl methyl sites for hydroxylation is 1. The molecule has 3 rings (SSSR count). The van der Waals surface area contributed by atoms with Crippen LogP contribution in [0.1, 0.15) is 60.9 Å². The molecule has 0 fully saturated rings. The SMILES string of the molecule is CCCCCC(C(=O)O)c1ccc2nc(S(=O)Cc3ncc(C)c(OC)c3C)[nH]c2c1. The number of pyridine rings is 1. The van der Waals surface area contributed by atoms with Crippen molar-refractivity contribution in [2.24, 2.45) is 0 Å². The van der Waals surface area contributed by atoms with Crippen LogP contribution < -0.4 is 4.74 Å². The molecule has 2 atom stereocenters. The number of H-pyrrole nitrogens is 1. The highest BCUT2D eigenvalue weighted by atomic mass is 32.2. The maximum atomic E-state index is 13.0. The Hall–Kier alpha value is -2.74. The number of nitrogens with zero attached hydrogens (tertiary/aromatic N) is 2. The highest BCUT2D eigenvalue weighted by Gasteiger charge is 2.21. The summed E-state index contributed by atoms with van der Waals surface area (Å²) in [4.78, 5) is 23.8. The van der Waals surface area contributed by atoms with Gasteiger partial charge < -0.3 is 14.8 Å². The Morgan fingerprint density at radius 3 is 2.74 bits per heavy atom. The van der Waals surface area contributed by atoms with E-state index in [2.05, 4.69) is 21.9 Å². The van der Waals surface area contributed by atoms with E-state index in [0.717, 1.165) is 41.7 Å². The molecule has 0 aliphatic carbocycles. The molecule has 0 saturated heterocycles. The van der Waals surface area contributed by atoms with Gasteiger partial charge in [0.1, 0.15) is 5.75 Å². The number of methoxy groups -OCH3 is 1. The molecule has 2 aromatic heterocycles. The van der Waals surface area contributed by atoms with Crippen molar-refractivity contribution in [3.8, 4) is 5.75 Å². The lowest BCUT2D eigenvalue weighted by molar-refractivity contribution is -0.139. The number of benzene rings is 1. The fraction of sp³-hybridized carbons (Fsp3) is 0.435. The van der Waals surface area contributed by atoms with Crippen molar-refractivity contribution in [1.29, 1.82) is 0 Å². The Balaban J connectivity index is 1.84. The summed E-state index contributed by atoms with van der Waals surface area (Å²) in [5.41, 5.74) is 4.58. The van der Waals surface area contributed by atoms with Gasteiger partial charge in [-0.1, -0.05) is 32.3 Å². The molecule has 0 radical (unpaired) electrons. The molecule has 0 saturated carbocycles. The number of unbranched alkanes of at least 4 members (excludes halogenated alkanes) is 2. The maximum Gasteiger partial charge on any atom is 0.310 e. The van der Waals surface area contributed by atoms with Crippen LogP contribution in [0.4, 0.5) is 0 Å². The number of hydrogen-bond donors (Lipinski definition) is 2. The molecule has 8 heteroatoms. The van der Waals surface area contributed by atoms with Crippen molar-refractivity contribution in [1.82, 2.24) is 15.0 Å². The van der Waals surface area contributed by atoms with Crippen LogP contribution in [0.2, 0.25) is 0 Å². The van der Waals surface area contributed by atoms with Gasteiger partial charge in [0.2, 0.25) is 0 Å². The zero-order valence-corrected chi connectivity index (χ0v) is 19.2. The fourth-order valence-corrected chi connectivity index (χ4v) is 4.87. The Morgan fingerprint density at radius 2 is 2.06 bits per heavy atom. The number of carbonyl (C=O) groups is 1. The van der Waals surface area contributed by atoms with E-state index in [1.54, 1.807) is 25.4 Å². The van der Waals surface area contributed by atoms with Crippen LogP contribution in [0.25, 0.3) is 11.0 Å². The van der Waals surface area contributed by atoms with Gasteiger partial charge in [0.15, 0.2) is 5.16 Å². The summed E-state index contributed by atoms with van der Waals surface area (Å²) in [7, 11) is 0.183. The molecule has 0 aliphatic heterocycles. The summed E-state index contributed by atoms with van der Waals surface area (Å²) in [6, 6.07) is 5.40. The number of nitrogens with one attached hydrogen (secondary N) is 1. The molecule has 1 aromatic carbocycles. The standard InChI is InChI=1S/C23H29N3O4S/c1-5-6-7-8-17(22(27)28)16-9-10-18-19(11-16)26-23(25-18)31(29)13-20-15(3)21(30-4)14(2)12-24-20/h9-12,17H,5-8,13H2,1-4H3,(H,25,26)(H,27,28). The summed E-state index contributed by atoms with van der Waals surface area (Å²) in [6.07, 6.45) is 5.24. The van der Waals surface area contributed by atoms with Crippen molar-refractivity contribution in [3.05, 3.63) is 46.8 Å². The monoisotopic (exact) mass is 443 g/mol. The van der Waals surface area contributed by atoms with Gasteiger partial charge in [-0.2, -0.15) is 0 Å². The number of carboxylic acids is 1. The van der Waals surface area contributed by atoms with Gasteiger partial charge in [-0.15, -0.1) is 0 Å². The molecule has 3 aromatic rings. The van der Waals surface area contributed by atoms with Crippen molar-refractivity contribution in [2.45, 2.75) is 63.3 Å². The predicted octanol–water partition coefficient (Wildman–Crippen LogP) is 4.64. The Kier molecular flexibility index (Phi) is 7.43. The third-order valence-corrected chi connectivity index (χ3v) is 6.67. The number of aromatic amines is 1. The molecule has 31 heavy (non-hydrogen) atoms. The van der Waals surface area contributed by atoms with Crippen LogP contribution >= 0.6 is 0 Å². The van der Waals surface area contributed by atoms with Gasteiger partial charge in [0, 0.05) is 17.3 Å². The third-order valence-electron chi connectivity index (χ3n) is 5.51. The van der Waals surface area contributed by atoms with Crippen LogP contribution in [-0.2, 0) is 21.3 Å². The second-order valence-corrected chi connectivity index (χ2v) is 9.11. The molecule has 2 N–H and O–H groups in total. The van der Waals surface area contributed by atoms with E-state index in [9.17, 15) is 14.1 Å². The molecule has 0 bridgehead atoms. The third kappa shape index (κ3) is 5.12. The zero-order valence-electron chi connectivity index (χ0n) is 18.4. The minimum Gasteiger partial charge on any atom is -0.496 e. The molecular formula is C23H29N3O4S. The van der Waals surface area contributed by atoms with Crippen LogP contribution in [0.3, 0.4) is 0 Å². The average Bonchev–Trinajstić information content (AvgIpc) is 3.17. The van der Waals surface area contributed by atoms with E-state index in [4.69, 9.17) is 4.74 Å². The highest BCUT2D eigenvalue weighted by Crippen LogP contribution is 2.28.